The maximum absolute atomic E-state index is 13.0. The molecule has 0 saturated heterocycles. The van der Waals surface area contributed by atoms with Gasteiger partial charge in [0.2, 0.25) is 0 Å². The first-order valence-corrected chi connectivity index (χ1v) is 10.4. The van der Waals surface area contributed by atoms with Crippen molar-refractivity contribution in [1.29, 1.82) is 0 Å². The zero-order valence-electron chi connectivity index (χ0n) is 18.1. The normalized spacial score (nSPS) is 11.0. The third kappa shape index (κ3) is 4.98. The van der Waals surface area contributed by atoms with Gasteiger partial charge in [0.1, 0.15) is 17.8 Å². The summed E-state index contributed by atoms with van der Waals surface area (Å²) in [6.45, 7) is 0.465. The van der Waals surface area contributed by atoms with Crippen molar-refractivity contribution in [3.05, 3.63) is 99.6 Å². The number of pyridine rings is 2. The van der Waals surface area contributed by atoms with Crippen LogP contribution in [0, 0.1) is 0 Å². The van der Waals surface area contributed by atoms with Gasteiger partial charge in [0.05, 0.1) is 23.6 Å². The molecule has 176 valence electrons. The highest BCUT2D eigenvalue weighted by Gasteiger charge is 2.12. The van der Waals surface area contributed by atoms with Crippen LogP contribution in [0.1, 0.15) is 21.9 Å². The molecule has 13 nitrogen and oxygen atoms in total. The molecule has 2 N–H and O–H groups in total. The molecule has 0 aliphatic carbocycles. The summed E-state index contributed by atoms with van der Waals surface area (Å²) < 4.78 is 13.2. The van der Waals surface area contributed by atoms with Crippen LogP contribution < -0.4 is 21.4 Å². The van der Waals surface area contributed by atoms with Gasteiger partial charge >= 0.3 is 5.76 Å². The quantitative estimate of drug-likeness (QED) is 0.329. The number of H-pyrrole nitrogens is 1. The summed E-state index contributed by atoms with van der Waals surface area (Å²) in [6.07, 6.45) is 9.45. The number of carbonyl (C=O) groups excluding carboxylic acids is 1. The summed E-state index contributed by atoms with van der Waals surface area (Å²) in [5, 5.41) is 6.60. The number of nitrogens with one attached hydrogen (secondary N) is 2. The summed E-state index contributed by atoms with van der Waals surface area (Å²) in [7, 11) is 0. The molecule has 5 aromatic rings. The second kappa shape index (κ2) is 9.43. The van der Waals surface area contributed by atoms with E-state index in [-0.39, 0.29) is 36.5 Å². The summed E-state index contributed by atoms with van der Waals surface area (Å²) in [5.74, 6) is -0.193. The summed E-state index contributed by atoms with van der Waals surface area (Å²) >= 11 is 0. The maximum Gasteiger partial charge on any atom is 0.438 e. The molecule has 0 aromatic carbocycles. The van der Waals surface area contributed by atoms with Gasteiger partial charge < -0.3 is 14.6 Å². The summed E-state index contributed by atoms with van der Waals surface area (Å²) in [4.78, 5) is 51.3. The molecule has 1 amide bonds. The Bertz CT molecular complexity index is 1600. The number of aromatic amines is 1. The SMILES string of the molecule is O=C(NCc1cccnc1)c1cc2c(=O)n(COc3ccn(Cc4noc(=O)[nH]4)c3)cnc2cn1. The summed E-state index contributed by atoms with van der Waals surface area (Å²) in [6, 6.07) is 6.73. The topological polar surface area (TPSA) is 163 Å². The smallest absolute Gasteiger partial charge is 0.438 e. The Morgan fingerprint density at radius 3 is 2.91 bits per heavy atom. The molecule has 35 heavy (non-hydrogen) atoms. The number of carbonyl (C=O) groups is 1. The summed E-state index contributed by atoms with van der Waals surface area (Å²) in [5.41, 5.74) is 0.925. The van der Waals surface area contributed by atoms with E-state index in [2.05, 4.69) is 34.9 Å². The molecule has 0 aliphatic rings. The van der Waals surface area contributed by atoms with Crippen molar-refractivity contribution < 1.29 is 14.1 Å². The first-order chi connectivity index (χ1) is 17.0. The molecule has 5 rings (SSSR count). The molecule has 0 unspecified atom stereocenters. The molecule has 0 radical (unpaired) electrons. The fourth-order valence-corrected chi connectivity index (χ4v) is 3.30. The van der Waals surface area contributed by atoms with Gasteiger partial charge in [-0.2, -0.15) is 0 Å². The third-order valence-corrected chi connectivity index (χ3v) is 5.03. The van der Waals surface area contributed by atoms with Crippen LogP contribution in [0.5, 0.6) is 5.75 Å². The Balaban J connectivity index is 1.27. The van der Waals surface area contributed by atoms with Gasteiger partial charge in [-0.05, 0) is 23.8 Å². The lowest BCUT2D eigenvalue weighted by molar-refractivity contribution is 0.0946. The van der Waals surface area contributed by atoms with Gasteiger partial charge in [0, 0.05) is 31.3 Å². The van der Waals surface area contributed by atoms with E-state index >= 15 is 0 Å². The van der Waals surface area contributed by atoms with Crippen LogP contribution in [0.25, 0.3) is 10.9 Å². The highest BCUT2D eigenvalue weighted by Crippen LogP contribution is 2.13. The van der Waals surface area contributed by atoms with Crippen LogP contribution in [0.2, 0.25) is 0 Å². The number of rotatable bonds is 8. The molecule has 0 atom stereocenters. The molecular weight excluding hydrogens is 456 g/mol. The predicted octanol–water partition coefficient (Wildman–Crippen LogP) is 0.679. The molecular formula is C22H18N8O5. The fraction of sp³-hybridized carbons (Fsp3) is 0.136. The van der Waals surface area contributed by atoms with E-state index in [1.807, 2.05) is 6.07 Å². The lowest BCUT2D eigenvalue weighted by Gasteiger charge is -2.09. The highest BCUT2D eigenvalue weighted by molar-refractivity contribution is 5.95. The van der Waals surface area contributed by atoms with Gasteiger partial charge in [-0.3, -0.25) is 28.6 Å². The maximum atomic E-state index is 13.0. The molecule has 0 fully saturated rings. The van der Waals surface area contributed by atoms with Gasteiger partial charge in [-0.25, -0.2) is 14.8 Å². The zero-order chi connectivity index (χ0) is 24.2. The Morgan fingerprint density at radius 2 is 2.11 bits per heavy atom. The predicted molar refractivity (Wildman–Crippen MR) is 120 cm³/mol. The third-order valence-electron chi connectivity index (χ3n) is 5.03. The van der Waals surface area contributed by atoms with Crippen molar-refractivity contribution in [2.45, 2.75) is 19.8 Å². The van der Waals surface area contributed by atoms with Crippen molar-refractivity contribution in [2.24, 2.45) is 0 Å². The zero-order valence-corrected chi connectivity index (χ0v) is 18.1. The van der Waals surface area contributed by atoms with Crippen molar-refractivity contribution >= 4 is 16.8 Å². The van der Waals surface area contributed by atoms with E-state index in [4.69, 9.17) is 4.74 Å². The number of nitrogens with zero attached hydrogens (tertiary/aromatic N) is 6. The first kappa shape index (κ1) is 21.8. The number of ether oxygens (including phenoxy) is 1. The Morgan fingerprint density at radius 1 is 1.20 bits per heavy atom. The minimum Gasteiger partial charge on any atom is -0.471 e. The average Bonchev–Trinajstić information content (AvgIpc) is 3.51. The monoisotopic (exact) mass is 474 g/mol. The van der Waals surface area contributed by atoms with Crippen molar-refractivity contribution in [3.8, 4) is 5.75 Å². The average molecular weight is 474 g/mol. The molecule has 5 aromatic heterocycles. The number of hydrogen-bond acceptors (Lipinski definition) is 9. The van der Waals surface area contributed by atoms with E-state index in [1.54, 1.807) is 41.5 Å². The van der Waals surface area contributed by atoms with E-state index in [1.165, 1.54) is 23.2 Å². The highest BCUT2D eigenvalue weighted by atomic mass is 16.5. The van der Waals surface area contributed by atoms with E-state index in [0.29, 0.717) is 17.1 Å². The fourth-order valence-electron chi connectivity index (χ4n) is 3.30. The van der Waals surface area contributed by atoms with Crippen LogP contribution >= 0.6 is 0 Å². The second-order valence-electron chi connectivity index (χ2n) is 7.48. The van der Waals surface area contributed by atoms with Crippen molar-refractivity contribution in [1.82, 2.24) is 39.5 Å². The molecule has 5 heterocycles. The first-order valence-electron chi connectivity index (χ1n) is 10.4. The lowest BCUT2D eigenvalue weighted by atomic mass is 10.2. The standard InChI is InChI=1S/C22H18N8O5/c31-20(25-8-14-2-1-4-23-7-14)17-6-16-18(9-24-17)26-12-30(21(16)32)13-34-15-3-5-29(10-15)11-19-27-22(33)35-28-19/h1-7,9-10,12H,8,11,13H2,(H,25,31)(H,27,28,33). The molecule has 13 heteroatoms. The minimum absolute atomic E-state index is 0.0990. The van der Waals surface area contributed by atoms with Gasteiger partial charge in [-0.15, -0.1) is 0 Å². The Labute approximate surface area is 196 Å². The number of fused-ring (bicyclic) bond motifs is 1. The van der Waals surface area contributed by atoms with Crippen LogP contribution in [-0.4, -0.2) is 40.1 Å². The van der Waals surface area contributed by atoms with Crippen LogP contribution in [0.15, 0.2) is 75.7 Å². The van der Waals surface area contributed by atoms with Gasteiger partial charge in [0.15, 0.2) is 12.6 Å². The van der Waals surface area contributed by atoms with Crippen LogP contribution in [0.3, 0.4) is 0 Å². The van der Waals surface area contributed by atoms with Crippen LogP contribution in [-0.2, 0) is 19.8 Å². The van der Waals surface area contributed by atoms with Crippen LogP contribution in [0.4, 0.5) is 0 Å². The minimum atomic E-state index is -0.629. The second-order valence-corrected chi connectivity index (χ2v) is 7.48. The molecule has 0 spiro atoms. The number of aromatic nitrogens is 7. The number of hydrogen-bond donors (Lipinski definition) is 2. The van der Waals surface area contributed by atoms with Crippen molar-refractivity contribution in [2.75, 3.05) is 0 Å². The van der Waals surface area contributed by atoms with E-state index in [9.17, 15) is 14.4 Å². The van der Waals surface area contributed by atoms with E-state index in [0.717, 1.165) is 5.56 Å². The molecule has 0 aliphatic heterocycles. The Hall–Kier alpha value is -5.07. The Kier molecular flexibility index (Phi) is 5.86. The van der Waals surface area contributed by atoms with E-state index < -0.39 is 11.7 Å². The van der Waals surface area contributed by atoms with Crippen molar-refractivity contribution in [3.63, 3.8) is 0 Å². The molecule has 0 bridgehead atoms. The van der Waals surface area contributed by atoms with Gasteiger partial charge in [0.25, 0.3) is 11.5 Å². The molecule has 0 saturated carbocycles. The number of amides is 1. The largest absolute Gasteiger partial charge is 0.471 e. The lowest BCUT2D eigenvalue weighted by Crippen LogP contribution is -2.26. The van der Waals surface area contributed by atoms with Gasteiger partial charge in [-0.1, -0.05) is 11.2 Å².